The number of carbonyl (C=O) groups is 1. The van der Waals surface area contributed by atoms with Gasteiger partial charge in [-0.25, -0.2) is 4.79 Å². The van der Waals surface area contributed by atoms with Crippen LogP contribution < -0.4 is 4.74 Å². The van der Waals surface area contributed by atoms with Gasteiger partial charge in [0.1, 0.15) is 5.75 Å². The fourth-order valence-electron chi connectivity index (χ4n) is 3.88. The maximum Gasteiger partial charge on any atom is 0.328 e. The number of carboxylic acids is 1. The van der Waals surface area contributed by atoms with E-state index in [-0.39, 0.29) is 0 Å². The number of fused-ring (bicyclic) bond motifs is 1. The molecule has 0 amide bonds. The van der Waals surface area contributed by atoms with Crippen molar-refractivity contribution in [2.45, 2.75) is 13.3 Å². The van der Waals surface area contributed by atoms with Gasteiger partial charge in [0.05, 0.1) is 18.8 Å². The van der Waals surface area contributed by atoms with E-state index in [0.29, 0.717) is 0 Å². The van der Waals surface area contributed by atoms with E-state index in [1.807, 2.05) is 48.7 Å². The second-order valence-electron chi connectivity index (χ2n) is 7.40. The Morgan fingerprint density at radius 3 is 2.53 bits per heavy atom. The Hall–Kier alpha value is -4.12. The zero-order chi connectivity index (χ0) is 22.5. The standard InChI is InChI=1S/C27H24N2O3/c1-3-24(20-5-4-6-23(16-20)32-2)27(21-12-13-25-22(15-21)17-28-29-25)19-10-7-18(8-11-19)9-14-26(30)31/h4-17H,3H2,1-2H3,(H,28,29)(H,30,31)/b14-9+,27-24+. The van der Waals surface area contributed by atoms with Crippen LogP contribution >= 0.6 is 0 Å². The van der Waals surface area contributed by atoms with Crippen LogP contribution in [0, 0.1) is 0 Å². The average molecular weight is 425 g/mol. The van der Waals surface area contributed by atoms with Crippen molar-refractivity contribution in [1.82, 2.24) is 10.2 Å². The van der Waals surface area contributed by atoms with E-state index in [4.69, 9.17) is 9.84 Å². The first-order valence-electron chi connectivity index (χ1n) is 10.4. The normalized spacial score (nSPS) is 12.2. The molecule has 1 aromatic heterocycles. The number of ether oxygens (including phenoxy) is 1. The largest absolute Gasteiger partial charge is 0.497 e. The van der Waals surface area contributed by atoms with Crippen LogP contribution in [0.25, 0.3) is 28.1 Å². The summed E-state index contributed by atoms with van der Waals surface area (Å²) in [4.78, 5) is 10.8. The Kier molecular flexibility index (Phi) is 6.17. The van der Waals surface area contributed by atoms with Crippen LogP contribution in [0.5, 0.6) is 5.75 Å². The molecule has 32 heavy (non-hydrogen) atoms. The summed E-state index contributed by atoms with van der Waals surface area (Å²) < 4.78 is 5.46. The number of rotatable bonds is 7. The number of hydrogen-bond donors (Lipinski definition) is 2. The molecule has 2 N–H and O–H groups in total. The first-order chi connectivity index (χ1) is 15.6. The minimum Gasteiger partial charge on any atom is -0.497 e. The second-order valence-corrected chi connectivity index (χ2v) is 7.40. The third kappa shape index (κ3) is 4.47. The molecule has 0 radical (unpaired) electrons. The van der Waals surface area contributed by atoms with Crippen LogP contribution in [0.1, 0.15) is 35.6 Å². The van der Waals surface area contributed by atoms with Crippen molar-refractivity contribution in [3.8, 4) is 5.75 Å². The summed E-state index contributed by atoms with van der Waals surface area (Å²) in [5, 5.41) is 17.1. The van der Waals surface area contributed by atoms with E-state index < -0.39 is 5.97 Å². The molecule has 0 unspecified atom stereocenters. The molecule has 0 atom stereocenters. The summed E-state index contributed by atoms with van der Waals surface area (Å²) in [5.74, 6) is -0.151. The van der Waals surface area contributed by atoms with Crippen molar-refractivity contribution in [2.24, 2.45) is 0 Å². The third-order valence-electron chi connectivity index (χ3n) is 5.42. The molecule has 0 spiro atoms. The van der Waals surface area contributed by atoms with Crippen molar-refractivity contribution in [3.63, 3.8) is 0 Å². The van der Waals surface area contributed by atoms with Gasteiger partial charge in [-0.15, -0.1) is 0 Å². The van der Waals surface area contributed by atoms with Crippen molar-refractivity contribution >= 4 is 34.1 Å². The number of benzene rings is 3. The highest BCUT2D eigenvalue weighted by atomic mass is 16.5. The van der Waals surface area contributed by atoms with Crippen molar-refractivity contribution in [2.75, 3.05) is 7.11 Å². The summed E-state index contributed by atoms with van der Waals surface area (Å²) in [7, 11) is 1.67. The number of methoxy groups -OCH3 is 1. The predicted molar refractivity (Wildman–Crippen MR) is 128 cm³/mol. The number of nitrogens with one attached hydrogen (secondary N) is 1. The van der Waals surface area contributed by atoms with Crippen molar-refractivity contribution < 1.29 is 14.6 Å². The monoisotopic (exact) mass is 424 g/mol. The molecule has 4 rings (SSSR count). The number of allylic oxidation sites excluding steroid dienone is 1. The molecular formula is C27H24N2O3. The quantitative estimate of drug-likeness (QED) is 0.280. The first-order valence-corrected chi connectivity index (χ1v) is 10.4. The van der Waals surface area contributed by atoms with E-state index in [0.717, 1.165) is 57.0 Å². The Morgan fingerprint density at radius 2 is 1.81 bits per heavy atom. The van der Waals surface area contributed by atoms with Crippen LogP contribution in [0.15, 0.2) is 79.0 Å². The molecule has 4 aromatic rings. The summed E-state index contributed by atoms with van der Waals surface area (Å²) >= 11 is 0. The van der Waals surface area contributed by atoms with Gasteiger partial charge in [-0.05, 0) is 70.2 Å². The molecule has 0 aliphatic carbocycles. The number of H-pyrrole nitrogens is 1. The fourth-order valence-corrected chi connectivity index (χ4v) is 3.88. The van der Waals surface area contributed by atoms with E-state index >= 15 is 0 Å². The Morgan fingerprint density at radius 1 is 1.03 bits per heavy atom. The number of hydrogen-bond acceptors (Lipinski definition) is 3. The lowest BCUT2D eigenvalue weighted by atomic mass is 9.87. The Bertz CT molecular complexity index is 1310. The Labute approximate surface area is 186 Å². The van der Waals surface area contributed by atoms with Crippen molar-refractivity contribution in [3.05, 3.63) is 101 Å². The maximum absolute atomic E-state index is 10.8. The number of aromatic amines is 1. The SMILES string of the molecule is CC/C(=C(/c1ccc(/C=C/C(=O)O)cc1)c1ccc2[nH]ncc2c1)c1cccc(OC)c1. The van der Waals surface area contributed by atoms with Gasteiger partial charge in [-0.3, -0.25) is 5.10 Å². The molecule has 0 aliphatic rings. The van der Waals surface area contributed by atoms with Gasteiger partial charge in [0, 0.05) is 11.5 Å². The summed E-state index contributed by atoms with van der Waals surface area (Å²) in [6.07, 6.45) is 5.39. The smallest absolute Gasteiger partial charge is 0.328 e. The molecule has 5 heteroatoms. The van der Waals surface area contributed by atoms with Crippen LogP contribution in [0.4, 0.5) is 0 Å². The topological polar surface area (TPSA) is 75.2 Å². The predicted octanol–water partition coefficient (Wildman–Crippen LogP) is 6.04. The maximum atomic E-state index is 10.8. The minimum atomic E-state index is -0.964. The van der Waals surface area contributed by atoms with Gasteiger partial charge in [-0.1, -0.05) is 49.4 Å². The third-order valence-corrected chi connectivity index (χ3v) is 5.42. The molecule has 5 nitrogen and oxygen atoms in total. The molecule has 0 saturated carbocycles. The molecule has 0 bridgehead atoms. The molecule has 160 valence electrons. The lowest BCUT2D eigenvalue weighted by Gasteiger charge is -2.17. The molecule has 1 heterocycles. The first kappa shape index (κ1) is 21.1. The van der Waals surface area contributed by atoms with Crippen LogP contribution in [-0.2, 0) is 4.79 Å². The van der Waals surface area contributed by atoms with Gasteiger partial charge in [-0.2, -0.15) is 5.10 Å². The van der Waals surface area contributed by atoms with Gasteiger partial charge in [0.2, 0.25) is 0 Å². The molecule has 0 saturated heterocycles. The van der Waals surface area contributed by atoms with Crippen LogP contribution in [0.2, 0.25) is 0 Å². The van der Waals surface area contributed by atoms with Gasteiger partial charge >= 0.3 is 5.97 Å². The lowest BCUT2D eigenvalue weighted by Crippen LogP contribution is -1.96. The van der Waals surface area contributed by atoms with E-state index in [1.54, 1.807) is 13.2 Å². The number of carboxylic acid groups (broad SMARTS) is 1. The molecular weight excluding hydrogens is 400 g/mol. The van der Waals surface area contributed by atoms with Gasteiger partial charge in [0.25, 0.3) is 0 Å². The molecule has 0 aliphatic heterocycles. The van der Waals surface area contributed by atoms with E-state index in [9.17, 15) is 4.79 Å². The summed E-state index contributed by atoms with van der Waals surface area (Å²) in [6.45, 7) is 2.15. The lowest BCUT2D eigenvalue weighted by molar-refractivity contribution is -0.131. The summed E-state index contributed by atoms with van der Waals surface area (Å²) in [5.41, 5.74) is 7.39. The zero-order valence-corrected chi connectivity index (χ0v) is 18.0. The molecule has 0 fully saturated rings. The fraction of sp³-hybridized carbons (Fsp3) is 0.111. The highest BCUT2D eigenvalue weighted by Crippen LogP contribution is 2.36. The summed E-state index contributed by atoms with van der Waals surface area (Å²) in [6, 6.07) is 22.3. The van der Waals surface area contributed by atoms with Crippen molar-refractivity contribution in [1.29, 1.82) is 0 Å². The Balaban J connectivity index is 1.91. The highest BCUT2D eigenvalue weighted by molar-refractivity contribution is 6.00. The van der Waals surface area contributed by atoms with Crippen LogP contribution in [-0.4, -0.2) is 28.4 Å². The molecule has 3 aromatic carbocycles. The number of aromatic nitrogens is 2. The minimum absolute atomic E-state index is 0.812. The van der Waals surface area contributed by atoms with Gasteiger partial charge < -0.3 is 9.84 Å². The number of nitrogens with zero attached hydrogens (tertiary/aromatic N) is 1. The van der Waals surface area contributed by atoms with Gasteiger partial charge in [0.15, 0.2) is 0 Å². The zero-order valence-electron chi connectivity index (χ0n) is 18.0. The second kappa shape index (κ2) is 9.35. The van der Waals surface area contributed by atoms with Crippen LogP contribution in [0.3, 0.4) is 0 Å². The average Bonchev–Trinajstić information content (AvgIpc) is 3.29. The van der Waals surface area contributed by atoms with E-state index in [1.165, 1.54) is 5.57 Å². The highest BCUT2D eigenvalue weighted by Gasteiger charge is 2.14. The number of aliphatic carboxylic acids is 1. The van der Waals surface area contributed by atoms with E-state index in [2.05, 4.69) is 41.4 Å².